The number of aliphatic imine (C=N–C) groups is 1. The first kappa shape index (κ1) is 13.7. The molecule has 1 aromatic rings. The molecule has 0 atom stereocenters. The standard InChI is InChI=1S/C14H21N5/c1-3-13-11-17-9-7-15-5-2-6-16-8-10-18-12-14(4-1)19-13/h1-6,15,17-18H,7-12H2/b5-2-,16-6?. The van der Waals surface area contributed by atoms with Gasteiger partial charge >= 0.3 is 0 Å². The highest BCUT2D eigenvalue weighted by Crippen LogP contribution is 1.99. The monoisotopic (exact) mass is 259 g/mol. The summed E-state index contributed by atoms with van der Waals surface area (Å²) in [6.45, 7) is 5.05. The van der Waals surface area contributed by atoms with Crippen LogP contribution in [0, 0.1) is 0 Å². The van der Waals surface area contributed by atoms with Crippen LogP contribution in [0.2, 0.25) is 0 Å². The molecule has 0 spiro atoms. The maximum absolute atomic E-state index is 4.60. The Morgan fingerprint density at radius 1 is 0.947 bits per heavy atom. The maximum atomic E-state index is 4.60. The largest absolute Gasteiger partial charge is 0.390 e. The molecule has 0 saturated heterocycles. The van der Waals surface area contributed by atoms with Crippen LogP contribution in [0.4, 0.5) is 0 Å². The second-order valence-corrected chi connectivity index (χ2v) is 4.34. The van der Waals surface area contributed by atoms with Gasteiger partial charge in [0.2, 0.25) is 0 Å². The third kappa shape index (κ3) is 5.63. The van der Waals surface area contributed by atoms with Crippen LogP contribution in [0.15, 0.2) is 35.5 Å². The molecule has 1 aliphatic heterocycles. The van der Waals surface area contributed by atoms with Gasteiger partial charge in [-0.15, -0.1) is 0 Å². The van der Waals surface area contributed by atoms with E-state index in [0.717, 1.165) is 50.7 Å². The Morgan fingerprint density at radius 2 is 1.74 bits per heavy atom. The maximum Gasteiger partial charge on any atom is 0.0545 e. The SMILES string of the molecule is C1=NCCNCc2cccc(n2)CNCCN/C=C\1. The number of hydrogen-bond acceptors (Lipinski definition) is 5. The first-order valence-electron chi connectivity index (χ1n) is 6.70. The van der Waals surface area contributed by atoms with Crippen molar-refractivity contribution in [2.75, 3.05) is 26.2 Å². The fourth-order valence-electron chi connectivity index (χ4n) is 1.79. The first-order valence-corrected chi connectivity index (χ1v) is 6.70. The first-order chi connectivity index (χ1) is 9.45. The van der Waals surface area contributed by atoms with E-state index in [-0.39, 0.29) is 0 Å². The Hall–Kier alpha value is -1.72. The average molecular weight is 259 g/mol. The molecule has 2 rings (SSSR count). The molecule has 0 aromatic carbocycles. The Balaban J connectivity index is 1.92. The van der Waals surface area contributed by atoms with E-state index in [4.69, 9.17) is 0 Å². The fourth-order valence-corrected chi connectivity index (χ4v) is 1.79. The number of rotatable bonds is 0. The molecule has 0 fully saturated rings. The Labute approximate surface area is 114 Å². The average Bonchev–Trinajstić information content (AvgIpc) is 2.43. The van der Waals surface area contributed by atoms with Gasteiger partial charge in [0, 0.05) is 38.9 Å². The molecule has 0 saturated carbocycles. The lowest BCUT2D eigenvalue weighted by Crippen LogP contribution is -2.25. The number of fused-ring (bicyclic) bond motifs is 2. The van der Waals surface area contributed by atoms with Gasteiger partial charge in [0.05, 0.1) is 17.9 Å². The van der Waals surface area contributed by atoms with E-state index in [9.17, 15) is 0 Å². The summed E-state index contributed by atoms with van der Waals surface area (Å²) in [6.07, 6.45) is 5.67. The van der Waals surface area contributed by atoms with Crippen LogP contribution in [0.25, 0.3) is 0 Å². The Kier molecular flexibility index (Phi) is 6.05. The smallest absolute Gasteiger partial charge is 0.0545 e. The van der Waals surface area contributed by atoms with Crippen molar-refractivity contribution in [2.45, 2.75) is 13.1 Å². The topological polar surface area (TPSA) is 61.3 Å². The number of pyridine rings is 1. The molecular weight excluding hydrogens is 238 g/mol. The highest BCUT2D eigenvalue weighted by atomic mass is 15.0. The highest BCUT2D eigenvalue weighted by molar-refractivity contribution is 5.70. The molecule has 2 heterocycles. The number of nitrogens with zero attached hydrogens (tertiary/aromatic N) is 2. The van der Waals surface area contributed by atoms with Crippen LogP contribution >= 0.6 is 0 Å². The van der Waals surface area contributed by atoms with Crippen LogP contribution in [0.3, 0.4) is 0 Å². The molecular formula is C14H21N5. The van der Waals surface area contributed by atoms with Crippen LogP contribution < -0.4 is 16.0 Å². The molecule has 1 aliphatic rings. The summed E-state index contributed by atoms with van der Waals surface area (Å²) >= 11 is 0. The van der Waals surface area contributed by atoms with Crippen LogP contribution in [-0.4, -0.2) is 37.4 Å². The van der Waals surface area contributed by atoms with E-state index in [1.807, 2.05) is 24.6 Å². The molecule has 5 heteroatoms. The molecule has 1 aromatic heterocycles. The third-order valence-corrected chi connectivity index (χ3v) is 2.75. The predicted octanol–water partition coefficient (Wildman–Crippen LogP) is 0.449. The quantitative estimate of drug-likeness (QED) is 0.633. The van der Waals surface area contributed by atoms with Crippen LogP contribution in [0.1, 0.15) is 11.4 Å². The zero-order valence-corrected chi connectivity index (χ0v) is 11.1. The molecule has 5 nitrogen and oxygen atoms in total. The molecule has 2 bridgehead atoms. The lowest BCUT2D eigenvalue weighted by molar-refractivity contribution is 0.642. The van der Waals surface area contributed by atoms with Crippen LogP contribution in [0.5, 0.6) is 0 Å². The number of nitrogens with one attached hydrogen (secondary N) is 3. The zero-order valence-electron chi connectivity index (χ0n) is 11.1. The van der Waals surface area contributed by atoms with Crippen molar-refractivity contribution >= 4 is 6.21 Å². The van der Waals surface area contributed by atoms with Crippen molar-refractivity contribution < 1.29 is 0 Å². The van der Waals surface area contributed by atoms with E-state index in [1.165, 1.54) is 0 Å². The van der Waals surface area contributed by atoms with E-state index in [1.54, 1.807) is 0 Å². The van der Waals surface area contributed by atoms with Gasteiger partial charge in [-0.2, -0.15) is 0 Å². The summed E-state index contributed by atoms with van der Waals surface area (Å²) < 4.78 is 0. The second-order valence-electron chi connectivity index (χ2n) is 4.34. The summed E-state index contributed by atoms with van der Waals surface area (Å²) in [6, 6.07) is 6.16. The lowest BCUT2D eigenvalue weighted by Gasteiger charge is -2.07. The minimum atomic E-state index is 0.783. The summed E-state index contributed by atoms with van der Waals surface area (Å²) in [5, 5.41) is 9.91. The van der Waals surface area contributed by atoms with Crippen molar-refractivity contribution in [3.05, 3.63) is 41.9 Å². The van der Waals surface area contributed by atoms with Gasteiger partial charge < -0.3 is 16.0 Å². The van der Waals surface area contributed by atoms with Crippen LogP contribution in [-0.2, 0) is 13.1 Å². The van der Waals surface area contributed by atoms with Crippen molar-refractivity contribution in [3.8, 4) is 0 Å². The van der Waals surface area contributed by atoms with Gasteiger partial charge in [0.15, 0.2) is 0 Å². The Bertz CT molecular complexity index is 428. The minimum absolute atomic E-state index is 0.783. The van der Waals surface area contributed by atoms with Gasteiger partial charge in [0.1, 0.15) is 0 Å². The van der Waals surface area contributed by atoms with Crippen molar-refractivity contribution in [3.63, 3.8) is 0 Å². The van der Waals surface area contributed by atoms with Gasteiger partial charge in [-0.25, -0.2) is 0 Å². The summed E-state index contributed by atoms with van der Waals surface area (Å²) in [7, 11) is 0. The van der Waals surface area contributed by atoms with E-state index in [0.29, 0.717) is 0 Å². The molecule has 3 N–H and O–H groups in total. The fraction of sp³-hybridized carbons (Fsp3) is 0.429. The normalized spacial score (nSPS) is 19.6. The predicted molar refractivity (Wildman–Crippen MR) is 78.2 cm³/mol. The van der Waals surface area contributed by atoms with Gasteiger partial charge in [-0.1, -0.05) is 6.07 Å². The minimum Gasteiger partial charge on any atom is -0.390 e. The Morgan fingerprint density at radius 3 is 2.58 bits per heavy atom. The number of aromatic nitrogens is 1. The molecule has 0 radical (unpaired) electrons. The summed E-state index contributed by atoms with van der Waals surface area (Å²) in [4.78, 5) is 8.89. The summed E-state index contributed by atoms with van der Waals surface area (Å²) in [5.74, 6) is 0. The molecule has 0 unspecified atom stereocenters. The second kappa shape index (κ2) is 8.39. The highest BCUT2D eigenvalue weighted by Gasteiger charge is 1.98. The number of allylic oxidation sites excluding steroid dienone is 1. The number of hydrogen-bond donors (Lipinski definition) is 3. The van der Waals surface area contributed by atoms with Crippen molar-refractivity contribution in [2.24, 2.45) is 4.99 Å². The molecule has 0 amide bonds. The van der Waals surface area contributed by atoms with Crippen molar-refractivity contribution in [1.82, 2.24) is 20.9 Å². The lowest BCUT2D eigenvalue weighted by atomic mass is 10.3. The van der Waals surface area contributed by atoms with E-state index < -0.39 is 0 Å². The van der Waals surface area contributed by atoms with Gasteiger partial charge in [0.25, 0.3) is 0 Å². The zero-order chi connectivity index (χ0) is 13.2. The van der Waals surface area contributed by atoms with Gasteiger partial charge in [-0.05, 0) is 24.4 Å². The van der Waals surface area contributed by atoms with Crippen molar-refractivity contribution in [1.29, 1.82) is 0 Å². The van der Waals surface area contributed by atoms with E-state index in [2.05, 4.69) is 38.1 Å². The molecule has 102 valence electrons. The van der Waals surface area contributed by atoms with E-state index >= 15 is 0 Å². The third-order valence-electron chi connectivity index (χ3n) is 2.75. The molecule has 0 aliphatic carbocycles. The summed E-state index contributed by atoms with van der Waals surface area (Å²) in [5.41, 5.74) is 2.16. The van der Waals surface area contributed by atoms with Gasteiger partial charge in [-0.3, -0.25) is 9.98 Å². The molecule has 19 heavy (non-hydrogen) atoms.